The third-order valence-corrected chi connectivity index (χ3v) is 9.98. The summed E-state index contributed by atoms with van der Waals surface area (Å²) in [4.78, 5) is 9.23. The fourth-order valence-corrected chi connectivity index (χ4v) is 7.16. The molecule has 0 amide bonds. The summed E-state index contributed by atoms with van der Waals surface area (Å²) in [6.07, 6.45) is 7.41. The van der Waals surface area contributed by atoms with Gasteiger partial charge in [0.05, 0.1) is 59.0 Å². The maximum Gasteiger partial charge on any atom is 0.161 e. The first kappa shape index (κ1) is 34.2. The third-order valence-electron chi connectivity index (χ3n) is 7.84. The number of hydrogen-bond acceptors (Lipinski definition) is 10. The van der Waals surface area contributed by atoms with Gasteiger partial charge in [0.2, 0.25) is 0 Å². The summed E-state index contributed by atoms with van der Waals surface area (Å²) in [5.74, 6) is 2.56. The van der Waals surface area contributed by atoms with Crippen molar-refractivity contribution in [2.75, 3.05) is 27.4 Å². The SMILES string of the molecule is COc1cc(/C=C(\C#N)c2nc3ccccc3s2)ccc1OCCCCCCOc1ccc(/C=C(\C#N)c2nc3ccccc3s2)cc1OC. The predicted molar refractivity (Wildman–Crippen MR) is 202 cm³/mol. The number of aromatic nitrogens is 2. The molecule has 0 bridgehead atoms. The van der Waals surface area contributed by atoms with E-state index in [9.17, 15) is 10.5 Å². The van der Waals surface area contributed by atoms with E-state index in [2.05, 4.69) is 22.1 Å². The average Bonchev–Trinajstić information content (AvgIpc) is 3.79. The third kappa shape index (κ3) is 8.30. The monoisotopic (exact) mass is 698 g/mol. The zero-order chi connectivity index (χ0) is 34.7. The number of thiazole rings is 2. The van der Waals surface area contributed by atoms with E-state index in [0.29, 0.717) is 57.4 Å². The number of nitrogens with zero attached hydrogens (tertiary/aromatic N) is 4. The Kier molecular flexibility index (Phi) is 11.4. The summed E-state index contributed by atoms with van der Waals surface area (Å²) in [7, 11) is 3.22. The van der Waals surface area contributed by atoms with Crippen LogP contribution in [0.25, 0.3) is 43.7 Å². The second kappa shape index (κ2) is 16.6. The van der Waals surface area contributed by atoms with E-state index in [1.807, 2.05) is 97.1 Å². The van der Waals surface area contributed by atoms with Gasteiger partial charge in [-0.25, -0.2) is 9.97 Å². The maximum atomic E-state index is 9.81. The smallest absolute Gasteiger partial charge is 0.161 e. The number of allylic oxidation sites excluding steroid dienone is 2. The minimum absolute atomic E-state index is 0.504. The first-order chi connectivity index (χ1) is 24.6. The summed E-state index contributed by atoms with van der Waals surface area (Å²) >= 11 is 3.00. The van der Waals surface area contributed by atoms with Crippen LogP contribution in [0.5, 0.6) is 23.0 Å². The van der Waals surface area contributed by atoms with Crippen LogP contribution in [0.4, 0.5) is 0 Å². The topological polar surface area (TPSA) is 110 Å². The van der Waals surface area contributed by atoms with Crippen molar-refractivity contribution in [3.63, 3.8) is 0 Å². The average molecular weight is 699 g/mol. The molecule has 0 saturated carbocycles. The molecule has 0 radical (unpaired) electrons. The Labute approximate surface area is 299 Å². The van der Waals surface area contributed by atoms with E-state index in [-0.39, 0.29) is 0 Å². The molecule has 0 spiro atoms. The minimum atomic E-state index is 0.504. The number of hydrogen-bond donors (Lipinski definition) is 0. The summed E-state index contributed by atoms with van der Waals surface area (Å²) in [5.41, 5.74) is 4.45. The van der Waals surface area contributed by atoms with Crippen molar-refractivity contribution in [3.05, 3.63) is 106 Å². The van der Waals surface area contributed by atoms with Gasteiger partial charge in [-0.3, -0.25) is 0 Å². The summed E-state index contributed by atoms with van der Waals surface area (Å²) in [6.45, 7) is 1.12. The van der Waals surface area contributed by atoms with E-state index in [1.54, 1.807) is 14.2 Å². The molecule has 6 aromatic rings. The Bertz CT molecular complexity index is 2030. The van der Waals surface area contributed by atoms with Gasteiger partial charge in [-0.1, -0.05) is 36.4 Å². The Morgan fingerprint density at radius 2 is 1.04 bits per heavy atom. The van der Waals surface area contributed by atoms with E-state index in [1.165, 1.54) is 22.7 Å². The molecule has 0 saturated heterocycles. The Hall–Kier alpha value is -5.68. The predicted octanol–water partition coefficient (Wildman–Crippen LogP) is 10.1. The lowest BCUT2D eigenvalue weighted by Crippen LogP contribution is -2.02. The first-order valence-corrected chi connectivity index (χ1v) is 17.8. The Morgan fingerprint density at radius 3 is 1.44 bits per heavy atom. The van der Waals surface area contributed by atoms with Gasteiger partial charge in [0.15, 0.2) is 23.0 Å². The molecule has 2 aromatic heterocycles. The molecule has 0 unspecified atom stereocenters. The van der Waals surface area contributed by atoms with Crippen LogP contribution in [0.15, 0.2) is 84.9 Å². The van der Waals surface area contributed by atoms with Crippen LogP contribution in [0.3, 0.4) is 0 Å². The van der Waals surface area contributed by atoms with Gasteiger partial charge in [0.25, 0.3) is 0 Å². The maximum absolute atomic E-state index is 9.81. The lowest BCUT2D eigenvalue weighted by atomic mass is 10.1. The number of benzene rings is 4. The molecule has 0 aliphatic rings. The van der Waals surface area contributed by atoms with Crippen molar-refractivity contribution < 1.29 is 18.9 Å². The van der Waals surface area contributed by atoms with Crippen LogP contribution in [0.1, 0.15) is 46.8 Å². The van der Waals surface area contributed by atoms with Gasteiger partial charge >= 0.3 is 0 Å². The highest BCUT2D eigenvalue weighted by Gasteiger charge is 2.12. The second-order valence-corrected chi connectivity index (χ2v) is 13.3. The zero-order valence-corrected chi connectivity index (χ0v) is 29.4. The zero-order valence-electron chi connectivity index (χ0n) is 27.7. The number of nitriles is 2. The number of fused-ring (bicyclic) bond motifs is 2. The summed E-state index contributed by atoms with van der Waals surface area (Å²) in [6, 6.07) is 31.6. The molecule has 6 rings (SSSR count). The highest BCUT2D eigenvalue weighted by atomic mass is 32.1. The van der Waals surface area contributed by atoms with Gasteiger partial charge in [-0.2, -0.15) is 10.5 Å². The van der Waals surface area contributed by atoms with Crippen molar-refractivity contribution in [1.82, 2.24) is 9.97 Å². The van der Waals surface area contributed by atoms with Gasteiger partial charge < -0.3 is 18.9 Å². The van der Waals surface area contributed by atoms with Crippen LogP contribution in [-0.2, 0) is 0 Å². The van der Waals surface area contributed by atoms with Crippen molar-refractivity contribution in [2.24, 2.45) is 0 Å². The minimum Gasteiger partial charge on any atom is -0.493 e. The van der Waals surface area contributed by atoms with E-state index in [0.717, 1.165) is 57.2 Å². The number of ether oxygens (including phenoxy) is 4. The van der Waals surface area contributed by atoms with Gasteiger partial charge in [-0.15, -0.1) is 22.7 Å². The number of methoxy groups -OCH3 is 2. The molecule has 0 fully saturated rings. The fraction of sp³-hybridized carbons (Fsp3) is 0.200. The van der Waals surface area contributed by atoms with Gasteiger partial charge in [0.1, 0.15) is 22.2 Å². The fourth-order valence-electron chi connectivity index (χ4n) is 5.30. The van der Waals surface area contributed by atoms with Crippen molar-refractivity contribution in [3.8, 4) is 35.1 Å². The summed E-state index contributed by atoms with van der Waals surface area (Å²) < 4.78 is 25.4. The molecule has 0 N–H and O–H groups in total. The van der Waals surface area contributed by atoms with Gasteiger partial charge in [-0.05, 0) is 97.5 Å². The lowest BCUT2D eigenvalue weighted by Gasteiger charge is -2.12. The molecule has 50 heavy (non-hydrogen) atoms. The standard InChI is InChI=1S/C40H34N4O4S2/c1-45-35-23-27(21-29(25-41)39-43-31-11-5-7-13-37(31)49-39)15-17-33(35)47-19-9-3-4-10-20-48-34-18-16-28(24-36(34)46-2)22-30(26-42)40-44-32-12-6-8-14-38(32)50-40/h5-8,11-18,21-24H,3-4,9-10,19-20H2,1-2H3/b29-21+,30-22+. The van der Waals surface area contributed by atoms with E-state index in [4.69, 9.17) is 18.9 Å². The number of para-hydroxylation sites is 2. The molecule has 0 atom stereocenters. The number of rotatable bonds is 15. The quantitative estimate of drug-likeness (QED) is 0.0770. The van der Waals surface area contributed by atoms with Crippen LogP contribution in [0, 0.1) is 22.7 Å². The largest absolute Gasteiger partial charge is 0.493 e. The summed E-state index contributed by atoms with van der Waals surface area (Å²) in [5, 5.41) is 21.0. The lowest BCUT2D eigenvalue weighted by molar-refractivity contribution is 0.271. The molecule has 2 heterocycles. The van der Waals surface area contributed by atoms with E-state index >= 15 is 0 Å². The molecular weight excluding hydrogens is 665 g/mol. The first-order valence-electron chi connectivity index (χ1n) is 16.2. The Morgan fingerprint density at radius 1 is 0.600 bits per heavy atom. The molecule has 0 aliphatic heterocycles. The highest BCUT2D eigenvalue weighted by molar-refractivity contribution is 7.20. The highest BCUT2D eigenvalue weighted by Crippen LogP contribution is 2.34. The molecular formula is C40H34N4O4S2. The molecule has 0 aliphatic carbocycles. The van der Waals surface area contributed by atoms with E-state index < -0.39 is 0 Å². The van der Waals surface area contributed by atoms with Crippen LogP contribution >= 0.6 is 22.7 Å². The van der Waals surface area contributed by atoms with Crippen LogP contribution in [0.2, 0.25) is 0 Å². The van der Waals surface area contributed by atoms with Gasteiger partial charge in [0, 0.05) is 0 Å². The molecule has 250 valence electrons. The number of unbranched alkanes of at least 4 members (excludes halogenated alkanes) is 3. The van der Waals surface area contributed by atoms with Crippen LogP contribution in [-0.4, -0.2) is 37.4 Å². The van der Waals surface area contributed by atoms with Crippen molar-refractivity contribution >= 4 is 66.4 Å². The normalized spacial score (nSPS) is 11.7. The van der Waals surface area contributed by atoms with Crippen molar-refractivity contribution in [1.29, 1.82) is 10.5 Å². The Balaban J connectivity index is 0.955. The van der Waals surface area contributed by atoms with Crippen molar-refractivity contribution in [2.45, 2.75) is 25.7 Å². The van der Waals surface area contributed by atoms with Crippen LogP contribution < -0.4 is 18.9 Å². The molecule has 10 heteroatoms. The molecule has 8 nitrogen and oxygen atoms in total. The second-order valence-electron chi connectivity index (χ2n) is 11.2. The molecule has 4 aromatic carbocycles.